The first-order chi connectivity index (χ1) is 17.6. The summed E-state index contributed by atoms with van der Waals surface area (Å²) in [6.07, 6.45) is 5.15. The Labute approximate surface area is 213 Å². The first-order valence-corrected chi connectivity index (χ1v) is 12.7. The summed E-state index contributed by atoms with van der Waals surface area (Å²) in [7, 11) is 0. The Bertz CT molecular complexity index is 1080. The van der Waals surface area contributed by atoms with Crippen molar-refractivity contribution in [1.82, 2.24) is 0 Å². The van der Waals surface area contributed by atoms with Gasteiger partial charge in [-0.05, 0) is 48.2 Å². The third kappa shape index (κ3) is 8.22. The van der Waals surface area contributed by atoms with Gasteiger partial charge in [-0.25, -0.2) is 4.79 Å². The van der Waals surface area contributed by atoms with Crippen molar-refractivity contribution in [2.75, 3.05) is 13.2 Å². The van der Waals surface area contributed by atoms with Crippen molar-refractivity contribution in [3.63, 3.8) is 0 Å². The molecule has 0 fully saturated rings. The zero-order valence-electron chi connectivity index (χ0n) is 21.2. The molecule has 6 nitrogen and oxygen atoms in total. The van der Waals surface area contributed by atoms with Crippen LogP contribution in [0.2, 0.25) is 0 Å². The molecule has 0 unspecified atom stereocenters. The number of hydrogen-bond donors (Lipinski definition) is 1. The molecule has 3 rings (SSSR count). The Morgan fingerprint density at radius 3 is 2.03 bits per heavy atom. The minimum absolute atomic E-state index is 0.224. The molecule has 0 atom stereocenters. The summed E-state index contributed by atoms with van der Waals surface area (Å²) in [5.41, 5.74) is 2.32. The van der Waals surface area contributed by atoms with Gasteiger partial charge in [0.05, 0.1) is 18.8 Å². The van der Waals surface area contributed by atoms with Crippen LogP contribution in [0, 0.1) is 0 Å². The molecule has 0 heterocycles. The normalized spacial score (nSPS) is 10.6. The van der Waals surface area contributed by atoms with Crippen molar-refractivity contribution < 1.29 is 28.8 Å². The number of unbranched alkanes of at least 4 members (excludes halogenated alkanes) is 4. The van der Waals surface area contributed by atoms with Gasteiger partial charge in [-0.15, -0.1) is 0 Å². The van der Waals surface area contributed by atoms with E-state index < -0.39 is 6.16 Å². The maximum absolute atomic E-state index is 11.3. The Morgan fingerprint density at radius 1 is 0.694 bits per heavy atom. The van der Waals surface area contributed by atoms with E-state index in [4.69, 9.17) is 18.9 Å². The molecule has 192 valence electrons. The molecule has 6 heteroatoms. The fourth-order valence-electron chi connectivity index (χ4n) is 3.80. The maximum Gasteiger partial charge on any atom is 0.511 e. The minimum Gasteiger partial charge on any atom is -0.490 e. The van der Waals surface area contributed by atoms with Crippen LogP contribution in [0.4, 0.5) is 4.79 Å². The average Bonchev–Trinajstić information content (AvgIpc) is 2.89. The van der Waals surface area contributed by atoms with Crippen molar-refractivity contribution >= 4 is 6.16 Å². The summed E-state index contributed by atoms with van der Waals surface area (Å²) in [4.78, 5) is 11.3. The largest absolute Gasteiger partial charge is 0.511 e. The van der Waals surface area contributed by atoms with E-state index in [1.54, 1.807) is 12.1 Å². The van der Waals surface area contributed by atoms with Gasteiger partial charge in [-0.2, -0.15) is 0 Å². The second-order valence-electron chi connectivity index (χ2n) is 8.54. The smallest absolute Gasteiger partial charge is 0.490 e. The van der Waals surface area contributed by atoms with E-state index in [1.165, 1.54) is 0 Å². The lowest BCUT2D eigenvalue weighted by molar-refractivity contribution is 0.144. The Balaban J connectivity index is 1.80. The van der Waals surface area contributed by atoms with Gasteiger partial charge in [0, 0.05) is 0 Å². The fourth-order valence-corrected chi connectivity index (χ4v) is 3.80. The molecule has 0 aliphatic rings. The molecule has 0 aliphatic carbocycles. The predicted molar refractivity (Wildman–Crippen MR) is 141 cm³/mol. The molecular weight excluding hydrogens is 456 g/mol. The van der Waals surface area contributed by atoms with E-state index in [1.807, 2.05) is 54.6 Å². The maximum atomic E-state index is 11.3. The lowest BCUT2D eigenvalue weighted by atomic mass is 10.0. The fraction of sp³-hybridized carbons (Fsp3) is 0.367. The molecular formula is C30H36O6. The van der Waals surface area contributed by atoms with Crippen molar-refractivity contribution in [2.24, 2.45) is 0 Å². The van der Waals surface area contributed by atoms with Crippen molar-refractivity contribution in [1.29, 1.82) is 0 Å². The monoisotopic (exact) mass is 492 g/mol. The number of carboxylic acid groups (broad SMARTS) is 1. The van der Waals surface area contributed by atoms with Crippen LogP contribution in [0.15, 0.2) is 66.7 Å². The number of benzene rings is 3. The Kier molecular flexibility index (Phi) is 11.0. The highest BCUT2D eigenvalue weighted by molar-refractivity contribution is 5.79. The molecule has 1 N–H and O–H groups in total. The number of rotatable bonds is 15. The summed E-state index contributed by atoms with van der Waals surface area (Å²) >= 11 is 0. The number of hydrogen-bond acceptors (Lipinski definition) is 5. The van der Waals surface area contributed by atoms with Crippen LogP contribution in [-0.4, -0.2) is 24.5 Å². The van der Waals surface area contributed by atoms with Crippen LogP contribution in [0.3, 0.4) is 0 Å². The molecule has 0 radical (unpaired) electrons. The van der Waals surface area contributed by atoms with E-state index in [2.05, 4.69) is 13.8 Å². The summed E-state index contributed by atoms with van der Waals surface area (Å²) < 4.78 is 23.3. The number of carbonyl (C=O) groups is 1. The van der Waals surface area contributed by atoms with Gasteiger partial charge in [0.25, 0.3) is 0 Å². The van der Waals surface area contributed by atoms with Gasteiger partial charge < -0.3 is 24.1 Å². The van der Waals surface area contributed by atoms with Crippen LogP contribution in [0.25, 0.3) is 11.1 Å². The highest BCUT2D eigenvalue weighted by Gasteiger charge is 2.16. The van der Waals surface area contributed by atoms with Crippen molar-refractivity contribution in [2.45, 2.75) is 59.0 Å². The van der Waals surface area contributed by atoms with E-state index in [-0.39, 0.29) is 12.4 Å². The summed E-state index contributed by atoms with van der Waals surface area (Å²) in [5.74, 6) is 2.22. The Hall–Kier alpha value is -3.67. The summed E-state index contributed by atoms with van der Waals surface area (Å²) in [5, 5.41) is 9.20. The third-order valence-corrected chi connectivity index (χ3v) is 5.66. The highest BCUT2D eigenvalue weighted by atomic mass is 16.7. The summed E-state index contributed by atoms with van der Waals surface area (Å²) in [6, 6.07) is 20.5. The number of ether oxygens (including phenoxy) is 4. The van der Waals surface area contributed by atoms with E-state index >= 15 is 0 Å². The highest BCUT2D eigenvalue weighted by Crippen LogP contribution is 2.39. The van der Waals surface area contributed by atoms with Gasteiger partial charge in [0.1, 0.15) is 18.1 Å². The van der Waals surface area contributed by atoms with E-state index in [0.717, 1.165) is 61.2 Å². The molecule has 0 amide bonds. The molecule has 0 saturated heterocycles. The van der Waals surface area contributed by atoms with Crippen LogP contribution in [-0.2, 0) is 6.61 Å². The Morgan fingerprint density at radius 2 is 1.36 bits per heavy atom. The van der Waals surface area contributed by atoms with Gasteiger partial charge in [-0.3, -0.25) is 0 Å². The molecule has 0 saturated carbocycles. The zero-order chi connectivity index (χ0) is 25.6. The first kappa shape index (κ1) is 26.9. The molecule has 0 aliphatic heterocycles. The van der Waals surface area contributed by atoms with Crippen LogP contribution in [0.1, 0.15) is 57.9 Å². The quantitative estimate of drug-likeness (QED) is 0.131. The van der Waals surface area contributed by atoms with Crippen molar-refractivity contribution in [3.05, 3.63) is 72.3 Å². The predicted octanol–water partition coefficient (Wildman–Crippen LogP) is 8.13. The lowest BCUT2D eigenvalue weighted by Crippen LogP contribution is -2.06. The second kappa shape index (κ2) is 14.7. The third-order valence-electron chi connectivity index (χ3n) is 5.66. The van der Waals surface area contributed by atoms with Gasteiger partial charge in [-0.1, -0.05) is 82.0 Å². The molecule has 3 aromatic rings. The summed E-state index contributed by atoms with van der Waals surface area (Å²) in [6.45, 7) is 5.91. The first-order valence-electron chi connectivity index (χ1n) is 12.7. The molecule has 36 heavy (non-hydrogen) atoms. The standard InChI is InChI=1S/C30H36O6/c1-3-5-10-19-33-25-18-17-23(21-28(25)34-20-11-6-4-2)22-35-26-15-12-16-27(36-30(31)32)29(26)24-13-8-7-9-14-24/h7-9,12-18,21H,3-6,10-11,19-20,22H2,1-2H3,(H,31,32). The van der Waals surface area contributed by atoms with E-state index in [9.17, 15) is 9.90 Å². The van der Waals surface area contributed by atoms with E-state index in [0.29, 0.717) is 24.5 Å². The molecule has 0 aromatic heterocycles. The molecule has 0 bridgehead atoms. The van der Waals surface area contributed by atoms with Crippen LogP contribution < -0.4 is 18.9 Å². The van der Waals surface area contributed by atoms with Gasteiger partial charge in [0.2, 0.25) is 0 Å². The second-order valence-corrected chi connectivity index (χ2v) is 8.54. The lowest BCUT2D eigenvalue weighted by Gasteiger charge is -2.17. The zero-order valence-corrected chi connectivity index (χ0v) is 21.2. The van der Waals surface area contributed by atoms with Crippen molar-refractivity contribution in [3.8, 4) is 34.1 Å². The molecule has 0 spiro atoms. The molecule has 3 aromatic carbocycles. The SMILES string of the molecule is CCCCCOc1ccc(COc2cccc(OC(=O)O)c2-c2ccccc2)cc1OCCCCC. The topological polar surface area (TPSA) is 74.2 Å². The van der Waals surface area contributed by atoms with Gasteiger partial charge in [0.15, 0.2) is 11.5 Å². The van der Waals surface area contributed by atoms with Gasteiger partial charge >= 0.3 is 6.16 Å². The minimum atomic E-state index is -1.37. The van der Waals surface area contributed by atoms with Crippen LogP contribution in [0.5, 0.6) is 23.0 Å². The average molecular weight is 493 g/mol. The van der Waals surface area contributed by atoms with Crippen LogP contribution >= 0.6 is 0 Å².